The third-order valence-electron chi connectivity index (χ3n) is 5.12. The van der Waals surface area contributed by atoms with Gasteiger partial charge in [0, 0.05) is 37.3 Å². The van der Waals surface area contributed by atoms with Crippen molar-refractivity contribution in [2.75, 3.05) is 31.1 Å². The molecule has 1 saturated heterocycles. The Morgan fingerprint density at radius 3 is 2.27 bits per heavy atom. The van der Waals surface area contributed by atoms with E-state index in [4.69, 9.17) is 16.3 Å². The molecule has 0 aliphatic carbocycles. The largest absolute Gasteiger partial charge is 0.573 e. The standard InChI is InChI=1S/C22H21ClF3N3O3S/c1-21(2,31-15-5-3-14(23)4-6-15)19(30)28-9-11-29(12-10-28)20-27-17-8-7-16(13-18(17)33-20)32-22(24,25)26/h3-8,13H,9-12H2,1-2H3. The van der Waals surface area contributed by atoms with E-state index in [2.05, 4.69) is 9.72 Å². The van der Waals surface area contributed by atoms with Crippen LogP contribution in [-0.4, -0.2) is 53.9 Å². The highest BCUT2D eigenvalue weighted by molar-refractivity contribution is 7.22. The SMILES string of the molecule is CC(C)(Oc1ccc(Cl)cc1)C(=O)N1CCN(c2nc3ccc(OC(F)(F)F)cc3s2)CC1. The average Bonchev–Trinajstić information content (AvgIpc) is 3.17. The van der Waals surface area contributed by atoms with Crippen LogP contribution in [0.15, 0.2) is 42.5 Å². The fraction of sp³-hybridized carbons (Fsp3) is 0.364. The zero-order chi connectivity index (χ0) is 23.8. The molecule has 1 fully saturated rings. The third-order valence-corrected chi connectivity index (χ3v) is 6.45. The van der Waals surface area contributed by atoms with Crippen LogP contribution in [0.2, 0.25) is 5.02 Å². The fourth-order valence-corrected chi connectivity index (χ4v) is 4.72. The van der Waals surface area contributed by atoms with Gasteiger partial charge in [-0.1, -0.05) is 22.9 Å². The van der Waals surface area contributed by atoms with Gasteiger partial charge in [-0.25, -0.2) is 4.98 Å². The van der Waals surface area contributed by atoms with Crippen LogP contribution in [0.1, 0.15) is 13.8 Å². The van der Waals surface area contributed by atoms with E-state index >= 15 is 0 Å². The van der Waals surface area contributed by atoms with Gasteiger partial charge in [0.1, 0.15) is 11.5 Å². The maximum absolute atomic E-state index is 13.1. The number of carbonyl (C=O) groups is 1. The van der Waals surface area contributed by atoms with Crippen molar-refractivity contribution in [3.8, 4) is 11.5 Å². The maximum atomic E-state index is 13.1. The van der Waals surface area contributed by atoms with Gasteiger partial charge in [-0.3, -0.25) is 4.79 Å². The number of alkyl halides is 3. The van der Waals surface area contributed by atoms with Crippen molar-refractivity contribution in [2.24, 2.45) is 0 Å². The topological polar surface area (TPSA) is 54.9 Å². The maximum Gasteiger partial charge on any atom is 0.573 e. The van der Waals surface area contributed by atoms with Gasteiger partial charge in [0.05, 0.1) is 10.2 Å². The monoisotopic (exact) mass is 499 g/mol. The van der Waals surface area contributed by atoms with E-state index in [1.54, 1.807) is 43.0 Å². The highest BCUT2D eigenvalue weighted by atomic mass is 35.5. The number of thiazole rings is 1. The molecule has 2 aromatic carbocycles. The Morgan fingerprint density at radius 1 is 1.00 bits per heavy atom. The minimum absolute atomic E-state index is 0.129. The zero-order valence-corrected chi connectivity index (χ0v) is 19.4. The summed E-state index contributed by atoms with van der Waals surface area (Å²) in [6.45, 7) is 5.51. The summed E-state index contributed by atoms with van der Waals surface area (Å²) in [7, 11) is 0. The van der Waals surface area contributed by atoms with Gasteiger partial charge in [0.2, 0.25) is 0 Å². The first-order valence-corrected chi connectivity index (χ1v) is 11.3. The molecule has 0 spiro atoms. The number of aromatic nitrogens is 1. The molecule has 3 aromatic rings. The van der Waals surface area contributed by atoms with E-state index in [-0.39, 0.29) is 11.7 Å². The summed E-state index contributed by atoms with van der Waals surface area (Å²) in [5.74, 6) is 0.151. The van der Waals surface area contributed by atoms with Crippen LogP contribution in [-0.2, 0) is 4.79 Å². The van der Waals surface area contributed by atoms with Crippen molar-refractivity contribution < 1.29 is 27.4 Å². The molecule has 1 aliphatic heterocycles. The molecule has 1 aliphatic rings. The number of nitrogens with zero attached hydrogens (tertiary/aromatic N) is 3. The molecule has 2 heterocycles. The zero-order valence-electron chi connectivity index (χ0n) is 17.9. The predicted octanol–water partition coefficient (Wildman–Crippen LogP) is 5.35. The van der Waals surface area contributed by atoms with E-state index in [1.165, 1.54) is 29.5 Å². The Bertz CT molecular complexity index is 1140. The molecule has 0 unspecified atom stereocenters. The first kappa shape index (κ1) is 23.4. The number of carbonyl (C=O) groups excluding carboxylic acids is 1. The van der Waals surface area contributed by atoms with Gasteiger partial charge >= 0.3 is 6.36 Å². The summed E-state index contributed by atoms with van der Waals surface area (Å²) >= 11 is 7.19. The van der Waals surface area contributed by atoms with Crippen LogP contribution in [0.4, 0.5) is 18.3 Å². The van der Waals surface area contributed by atoms with Crippen LogP contribution in [0.25, 0.3) is 10.2 Å². The van der Waals surface area contributed by atoms with Crippen LogP contribution < -0.4 is 14.4 Å². The molecule has 176 valence electrons. The molecule has 6 nitrogen and oxygen atoms in total. The third kappa shape index (κ3) is 5.62. The number of hydrogen-bond donors (Lipinski definition) is 0. The lowest BCUT2D eigenvalue weighted by Gasteiger charge is -2.38. The molecule has 0 N–H and O–H groups in total. The fourth-order valence-electron chi connectivity index (χ4n) is 3.55. The quantitative estimate of drug-likeness (QED) is 0.473. The Kier molecular flexibility index (Phi) is 6.32. The number of anilines is 1. The summed E-state index contributed by atoms with van der Waals surface area (Å²) in [5.41, 5.74) is -0.457. The summed E-state index contributed by atoms with van der Waals surface area (Å²) in [6, 6.07) is 10.9. The smallest absolute Gasteiger partial charge is 0.478 e. The van der Waals surface area contributed by atoms with E-state index < -0.39 is 12.0 Å². The van der Waals surface area contributed by atoms with Gasteiger partial charge in [-0.15, -0.1) is 13.2 Å². The van der Waals surface area contributed by atoms with Crippen molar-refractivity contribution >= 4 is 44.2 Å². The average molecular weight is 500 g/mol. The molecular formula is C22H21ClF3N3O3S. The molecular weight excluding hydrogens is 479 g/mol. The Morgan fingerprint density at radius 2 is 1.64 bits per heavy atom. The number of ether oxygens (including phenoxy) is 2. The highest BCUT2D eigenvalue weighted by Gasteiger charge is 2.36. The van der Waals surface area contributed by atoms with Crippen LogP contribution in [0.5, 0.6) is 11.5 Å². The number of benzene rings is 2. The van der Waals surface area contributed by atoms with Crippen LogP contribution in [0.3, 0.4) is 0 Å². The highest BCUT2D eigenvalue weighted by Crippen LogP contribution is 2.34. The molecule has 1 aromatic heterocycles. The molecule has 0 bridgehead atoms. The first-order chi connectivity index (χ1) is 15.5. The van der Waals surface area contributed by atoms with Gasteiger partial charge < -0.3 is 19.3 Å². The number of halogens is 4. The van der Waals surface area contributed by atoms with E-state index in [9.17, 15) is 18.0 Å². The summed E-state index contributed by atoms with van der Waals surface area (Å²) < 4.78 is 47.9. The van der Waals surface area contributed by atoms with Crippen LogP contribution in [0, 0.1) is 0 Å². The minimum atomic E-state index is -4.74. The normalized spacial score (nSPS) is 15.1. The Balaban J connectivity index is 1.39. The molecule has 4 rings (SSSR count). The predicted molar refractivity (Wildman–Crippen MR) is 121 cm³/mol. The van der Waals surface area contributed by atoms with E-state index in [0.717, 1.165) is 0 Å². The number of rotatable bonds is 5. The molecule has 0 saturated carbocycles. The van der Waals surface area contributed by atoms with Crippen molar-refractivity contribution in [2.45, 2.75) is 25.8 Å². The summed E-state index contributed by atoms with van der Waals surface area (Å²) in [6.07, 6.45) is -4.74. The second-order valence-corrected chi connectivity index (χ2v) is 9.46. The van der Waals surface area contributed by atoms with E-state index in [1.807, 2.05) is 4.90 Å². The molecule has 0 atom stereocenters. The van der Waals surface area contributed by atoms with Gasteiger partial charge in [0.15, 0.2) is 10.7 Å². The van der Waals surface area contributed by atoms with Crippen molar-refractivity contribution in [3.63, 3.8) is 0 Å². The summed E-state index contributed by atoms with van der Waals surface area (Å²) in [4.78, 5) is 21.4. The lowest BCUT2D eigenvalue weighted by molar-refractivity contribution is -0.274. The molecule has 0 radical (unpaired) electrons. The minimum Gasteiger partial charge on any atom is -0.478 e. The lowest BCUT2D eigenvalue weighted by Crippen LogP contribution is -2.55. The number of fused-ring (bicyclic) bond motifs is 1. The number of piperazine rings is 1. The van der Waals surface area contributed by atoms with Crippen molar-refractivity contribution in [3.05, 3.63) is 47.5 Å². The molecule has 1 amide bonds. The number of hydrogen-bond acceptors (Lipinski definition) is 6. The van der Waals surface area contributed by atoms with Gasteiger partial charge in [-0.2, -0.15) is 0 Å². The van der Waals surface area contributed by atoms with Crippen molar-refractivity contribution in [1.29, 1.82) is 0 Å². The van der Waals surface area contributed by atoms with E-state index in [0.29, 0.717) is 52.3 Å². The van der Waals surface area contributed by atoms with Crippen molar-refractivity contribution in [1.82, 2.24) is 9.88 Å². The second-order valence-electron chi connectivity index (χ2n) is 8.02. The first-order valence-electron chi connectivity index (χ1n) is 10.2. The van der Waals surface area contributed by atoms with Gasteiger partial charge in [0.25, 0.3) is 5.91 Å². The lowest BCUT2D eigenvalue weighted by atomic mass is 10.1. The summed E-state index contributed by atoms with van der Waals surface area (Å²) in [5, 5.41) is 1.28. The number of amides is 1. The Labute approximate surface area is 197 Å². The second kappa shape index (κ2) is 8.90. The molecule has 11 heteroatoms. The Hall–Kier alpha value is -2.72. The van der Waals surface area contributed by atoms with Crippen LogP contribution >= 0.6 is 22.9 Å². The van der Waals surface area contributed by atoms with Gasteiger partial charge in [-0.05, 0) is 50.2 Å². The molecule has 33 heavy (non-hydrogen) atoms.